The molecule has 0 amide bonds. The van der Waals surface area contributed by atoms with E-state index in [2.05, 4.69) is 74.3 Å². The van der Waals surface area contributed by atoms with Gasteiger partial charge in [-0.3, -0.25) is 0 Å². The normalized spacial score (nSPS) is 14.9. The van der Waals surface area contributed by atoms with Crippen molar-refractivity contribution >= 4 is 8.32 Å². The minimum absolute atomic E-state index is 0.0319. The Kier molecular flexibility index (Phi) is 10.1. The van der Waals surface area contributed by atoms with Crippen molar-refractivity contribution in [3.05, 3.63) is 11.6 Å². The van der Waals surface area contributed by atoms with Crippen molar-refractivity contribution in [3.8, 4) is 12.3 Å². The molecule has 0 saturated heterocycles. The molecule has 2 atom stereocenters. The third-order valence-corrected chi connectivity index (χ3v) is 11.2. The summed E-state index contributed by atoms with van der Waals surface area (Å²) in [5.74, 6) is 3.55. The summed E-state index contributed by atoms with van der Waals surface area (Å²) >= 11 is 0. The van der Waals surface area contributed by atoms with Gasteiger partial charge in [0.15, 0.2) is 0 Å². The van der Waals surface area contributed by atoms with Crippen LogP contribution in [0.5, 0.6) is 0 Å². The van der Waals surface area contributed by atoms with Crippen LogP contribution in [0.3, 0.4) is 0 Å². The van der Waals surface area contributed by atoms with E-state index >= 15 is 0 Å². The first kappa shape index (κ1) is 22.5. The fourth-order valence-corrected chi connectivity index (χ4v) is 9.42. The van der Waals surface area contributed by atoms with E-state index in [0.717, 1.165) is 12.8 Å². The Hall–Kier alpha value is -0.523. The largest absolute Gasteiger partial charge is 0.402 e. The molecule has 0 rings (SSSR count). The highest BCUT2D eigenvalue weighted by atomic mass is 28.4. The Labute approximate surface area is 147 Å². The maximum absolute atomic E-state index is 6.76. The summed E-state index contributed by atoms with van der Waals surface area (Å²) in [4.78, 5) is 0. The van der Waals surface area contributed by atoms with Gasteiger partial charge in [-0.2, -0.15) is 0 Å². The molecular weight excluding hydrogens is 296 g/mol. The highest BCUT2D eigenvalue weighted by molar-refractivity contribution is 6.77. The summed E-state index contributed by atoms with van der Waals surface area (Å²) in [5, 5.41) is 0. The molecule has 0 fully saturated rings. The highest BCUT2D eigenvalue weighted by Crippen LogP contribution is 2.43. The van der Waals surface area contributed by atoms with Gasteiger partial charge >= 0.3 is 0 Å². The van der Waals surface area contributed by atoms with E-state index in [1.54, 1.807) is 0 Å². The van der Waals surface area contributed by atoms with Gasteiger partial charge in [0.1, 0.15) is 6.10 Å². The van der Waals surface area contributed by atoms with Crippen molar-refractivity contribution in [1.29, 1.82) is 0 Å². The quantitative estimate of drug-likeness (QED) is 0.238. The minimum Gasteiger partial charge on any atom is -0.402 e. The first-order chi connectivity index (χ1) is 10.6. The lowest BCUT2D eigenvalue weighted by Gasteiger charge is -2.44. The summed E-state index contributed by atoms with van der Waals surface area (Å²) in [6, 6.07) is 0. The van der Waals surface area contributed by atoms with Crippen molar-refractivity contribution < 1.29 is 4.43 Å². The van der Waals surface area contributed by atoms with Crippen molar-refractivity contribution in [1.82, 2.24) is 0 Å². The number of terminal acetylenes is 1. The molecule has 0 aliphatic rings. The first-order valence-corrected chi connectivity index (χ1v) is 11.5. The Bertz CT molecular complexity index is 375. The van der Waals surface area contributed by atoms with Crippen LogP contribution in [0.4, 0.5) is 0 Å². The van der Waals surface area contributed by atoms with Crippen molar-refractivity contribution in [2.24, 2.45) is 5.92 Å². The van der Waals surface area contributed by atoms with Crippen LogP contribution in [0, 0.1) is 18.3 Å². The summed E-state index contributed by atoms with van der Waals surface area (Å²) in [7, 11) is -1.88. The van der Waals surface area contributed by atoms with E-state index in [9.17, 15) is 0 Å². The molecule has 23 heavy (non-hydrogen) atoms. The maximum atomic E-state index is 6.76. The molecule has 0 saturated carbocycles. The third-order valence-electron chi connectivity index (χ3n) is 5.07. The van der Waals surface area contributed by atoms with Crippen LogP contribution in [0.25, 0.3) is 0 Å². The zero-order chi connectivity index (χ0) is 18.2. The van der Waals surface area contributed by atoms with Crippen LogP contribution >= 0.6 is 0 Å². The van der Waals surface area contributed by atoms with Gasteiger partial charge in [-0.05, 0) is 55.7 Å². The van der Waals surface area contributed by atoms with Crippen LogP contribution in [0.1, 0.15) is 81.6 Å². The lowest BCUT2D eigenvalue weighted by molar-refractivity contribution is 0.193. The van der Waals surface area contributed by atoms with Gasteiger partial charge in [0.05, 0.1) is 0 Å². The van der Waals surface area contributed by atoms with Crippen LogP contribution < -0.4 is 0 Å². The number of allylic oxidation sites excluding steroid dienone is 2. The van der Waals surface area contributed by atoms with Crippen LogP contribution in [0.15, 0.2) is 11.6 Å². The van der Waals surface area contributed by atoms with Gasteiger partial charge in [0, 0.05) is 0 Å². The molecule has 0 N–H and O–H groups in total. The minimum atomic E-state index is -1.88. The average molecular weight is 337 g/mol. The standard InChI is InChI=1S/C21H40OSi/c1-11-21(15-20(10)14-12-13-16(2)3)22-23(17(4)5,18(6)7)19(8)9/h1,13,17-21H,12,14-15H2,2-10H3/t20-,21+/m0/s1. The molecule has 0 radical (unpaired) electrons. The smallest absolute Gasteiger partial charge is 0.202 e. The highest BCUT2D eigenvalue weighted by Gasteiger charge is 2.46. The van der Waals surface area contributed by atoms with Gasteiger partial charge in [0.25, 0.3) is 0 Å². The molecule has 134 valence electrons. The summed E-state index contributed by atoms with van der Waals surface area (Å²) in [6.07, 6.45) is 11.4. The molecule has 0 aromatic heterocycles. The van der Waals surface area contributed by atoms with Gasteiger partial charge in [-0.25, -0.2) is 0 Å². The second-order valence-electron chi connectivity index (χ2n) is 8.29. The first-order valence-electron chi connectivity index (χ1n) is 9.35. The summed E-state index contributed by atoms with van der Waals surface area (Å²) in [5.41, 5.74) is 3.14. The zero-order valence-electron chi connectivity index (χ0n) is 17.1. The number of hydrogen-bond acceptors (Lipinski definition) is 1. The second kappa shape index (κ2) is 10.4. The second-order valence-corrected chi connectivity index (χ2v) is 13.7. The molecule has 2 heteroatoms. The van der Waals surface area contributed by atoms with Crippen LogP contribution in [-0.4, -0.2) is 14.4 Å². The molecule has 0 unspecified atom stereocenters. The number of hydrogen-bond donors (Lipinski definition) is 0. The lowest BCUT2D eigenvalue weighted by atomic mass is 9.98. The fraction of sp³-hybridized carbons (Fsp3) is 0.810. The Morgan fingerprint density at radius 1 is 1.00 bits per heavy atom. The Balaban J connectivity index is 4.96. The van der Waals surface area contributed by atoms with Crippen molar-refractivity contribution in [2.45, 2.75) is 104 Å². The van der Waals surface area contributed by atoms with Crippen LogP contribution in [0.2, 0.25) is 16.6 Å². The third kappa shape index (κ3) is 6.85. The van der Waals surface area contributed by atoms with E-state index in [-0.39, 0.29) is 6.10 Å². The molecule has 0 aliphatic carbocycles. The molecule has 0 aliphatic heterocycles. The van der Waals surface area contributed by atoms with E-state index in [1.807, 2.05) is 0 Å². The summed E-state index contributed by atoms with van der Waals surface area (Å²) < 4.78 is 6.76. The van der Waals surface area contributed by atoms with Crippen LogP contribution in [-0.2, 0) is 4.43 Å². The molecule has 0 aromatic carbocycles. The van der Waals surface area contributed by atoms with Gasteiger partial charge in [-0.1, -0.05) is 66.0 Å². The molecular formula is C21H40OSi. The SMILES string of the molecule is C#C[C@H](C[C@@H](C)CCC=C(C)C)O[Si](C(C)C)(C(C)C)C(C)C. The lowest BCUT2D eigenvalue weighted by Crippen LogP contribution is -2.50. The van der Waals surface area contributed by atoms with E-state index in [1.165, 1.54) is 12.0 Å². The Morgan fingerprint density at radius 2 is 1.48 bits per heavy atom. The fourth-order valence-electron chi connectivity index (χ4n) is 3.94. The Morgan fingerprint density at radius 3 is 1.83 bits per heavy atom. The molecule has 0 aromatic rings. The van der Waals surface area contributed by atoms with Crippen molar-refractivity contribution in [3.63, 3.8) is 0 Å². The molecule has 0 heterocycles. The topological polar surface area (TPSA) is 9.23 Å². The zero-order valence-corrected chi connectivity index (χ0v) is 18.1. The predicted octanol–water partition coefficient (Wildman–Crippen LogP) is 6.95. The van der Waals surface area contributed by atoms with Gasteiger partial charge in [0.2, 0.25) is 8.32 Å². The average Bonchev–Trinajstić information content (AvgIpc) is 2.41. The molecule has 0 spiro atoms. The van der Waals surface area contributed by atoms with Crippen molar-refractivity contribution in [2.75, 3.05) is 0 Å². The monoisotopic (exact) mass is 336 g/mol. The molecule has 0 bridgehead atoms. The molecule has 1 nitrogen and oxygen atoms in total. The predicted molar refractivity (Wildman–Crippen MR) is 107 cm³/mol. The van der Waals surface area contributed by atoms with E-state index in [0.29, 0.717) is 22.5 Å². The van der Waals surface area contributed by atoms with E-state index < -0.39 is 8.32 Å². The van der Waals surface area contributed by atoms with Gasteiger partial charge in [-0.15, -0.1) is 6.42 Å². The maximum Gasteiger partial charge on any atom is 0.202 e. The van der Waals surface area contributed by atoms with Gasteiger partial charge < -0.3 is 4.43 Å². The number of rotatable bonds is 10. The summed E-state index contributed by atoms with van der Waals surface area (Å²) in [6.45, 7) is 20.5. The van der Waals surface area contributed by atoms with E-state index in [4.69, 9.17) is 10.8 Å².